The molecule has 2 aliphatic rings. The maximum atomic E-state index is 6.01. The molecule has 4 rings (SSSR count). The first kappa shape index (κ1) is 17.8. The molecule has 142 valence electrons. The summed E-state index contributed by atoms with van der Waals surface area (Å²) >= 11 is 0. The average Bonchev–Trinajstić information content (AvgIpc) is 3.30. The number of aryl methyl sites for hydroxylation is 1. The number of piperidine rings is 1. The molecule has 0 unspecified atom stereocenters. The molecule has 1 fully saturated rings. The minimum atomic E-state index is 0.144. The van der Waals surface area contributed by atoms with Crippen LogP contribution in [0.4, 0.5) is 0 Å². The Hall–Kier alpha value is -1.63. The number of furan rings is 1. The van der Waals surface area contributed by atoms with E-state index in [1.807, 2.05) is 13.3 Å². The number of likely N-dealkylation sites (tertiary alicyclic amines) is 1. The third kappa shape index (κ3) is 3.72. The fourth-order valence-electron chi connectivity index (χ4n) is 4.38. The Morgan fingerprint density at radius 2 is 2.12 bits per heavy atom. The molecule has 2 aliphatic heterocycles. The molecular weight excluding hydrogens is 328 g/mol. The summed E-state index contributed by atoms with van der Waals surface area (Å²) in [5.74, 6) is 2.73. The number of hydrogen-bond donors (Lipinski definition) is 1. The fourth-order valence-corrected chi connectivity index (χ4v) is 4.38. The highest BCUT2D eigenvalue weighted by molar-refractivity contribution is 5.28. The van der Waals surface area contributed by atoms with Crippen molar-refractivity contribution in [2.45, 2.75) is 32.2 Å². The number of aromatic nitrogens is 2. The fraction of sp³-hybridized carbons (Fsp3) is 0.650. The van der Waals surface area contributed by atoms with Crippen LogP contribution >= 0.6 is 0 Å². The number of rotatable bonds is 6. The van der Waals surface area contributed by atoms with Gasteiger partial charge in [0, 0.05) is 38.9 Å². The Kier molecular flexibility index (Phi) is 5.43. The summed E-state index contributed by atoms with van der Waals surface area (Å²) in [4.78, 5) is 13.1. The van der Waals surface area contributed by atoms with Crippen LogP contribution in [0.15, 0.2) is 22.9 Å². The number of fused-ring (bicyclic) bond motifs is 1. The standard InChI is InChI=1S/C20H30N4O2/c1-15-3-4-18(26-15)20-19-17(21-14-22-19)7-10-24(20)13-16-5-8-23(9-6-16)11-12-25-2/h3-4,14,16,20H,5-13H2,1-2H3,(H,21,22)/t20-/m1/s1. The molecule has 2 aromatic rings. The minimum absolute atomic E-state index is 0.144. The first-order valence-electron chi connectivity index (χ1n) is 9.78. The van der Waals surface area contributed by atoms with Crippen molar-refractivity contribution in [2.75, 3.05) is 46.4 Å². The summed E-state index contributed by atoms with van der Waals surface area (Å²) in [6.45, 7) is 8.44. The van der Waals surface area contributed by atoms with Crippen LogP contribution in [0.5, 0.6) is 0 Å². The quantitative estimate of drug-likeness (QED) is 0.860. The molecule has 4 heterocycles. The Morgan fingerprint density at radius 3 is 2.85 bits per heavy atom. The van der Waals surface area contributed by atoms with Crippen LogP contribution in [0.2, 0.25) is 0 Å². The lowest BCUT2D eigenvalue weighted by Gasteiger charge is -2.39. The van der Waals surface area contributed by atoms with Gasteiger partial charge in [-0.2, -0.15) is 0 Å². The van der Waals surface area contributed by atoms with Crippen LogP contribution in [0.1, 0.15) is 41.8 Å². The topological polar surface area (TPSA) is 57.5 Å². The summed E-state index contributed by atoms with van der Waals surface area (Å²) in [5, 5.41) is 0. The van der Waals surface area contributed by atoms with Crippen molar-refractivity contribution in [1.82, 2.24) is 19.8 Å². The average molecular weight is 358 g/mol. The van der Waals surface area contributed by atoms with Gasteiger partial charge >= 0.3 is 0 Å². The number of imidazole rings is 1. The van der Waals surface area contributed by atoms with E-state index in [-0.39, 0.29) is 6.04 Å². The normalized spacial score (nSPS) is 22.6. The third-order valence-electron chi connectivity index (χ3n) is 5.87. The van der Waals surface area contributed by atoms with Crippen LogP contribution < -0.4 is 0 Å². The second-order valence-corrected chi connectivity index (χ2v) is 7.64. The van der Waals surface area contributed by atoms with Gasteiger partial charge < -0.3 is 19.0 Å². The number of H-pyrrole nitrogens is 1. The van der Waals surface area contributed by atoms with E-state index in [0.717, 1.165) is 55.8 Å². The first-order chi connectivity index (χ1) is 12.7. The highest BCUT2D eigenvalue weighted by atomic mass is 16.5. The minimum Gasteiger partial charge on any atom is -0.464 e. The van der Waals surface area contributed by atoms with Crippen LogP contribution in [0.3, 0.4) is 0 Å². The molecule has 26 heavy (non-hydrogen) atoms. The number of aromatic amines is 1. The van der Waals surface area contributed by atoms with E-state index in [2.05, 4.69) is 31.9 Å². The number of nitrogens with one attached hydrogen (secondary N) is 1. The summed E-state index contributed by atoms with van der Waals surface area (Å²) in [7, 11) is 1.78. The molecule has 0 bridgehead atoms. The highest BCUT2D eigenvalue weighted by Gasteiger charge is 2.34. The summed E-state index contributed by atoms with van der Waals surface area (Å²) in [6.07, 6.45) is 5.39. The van der Waals surface area contributed by atoms with Gasteiger partial charge in [0.25, 0.3) is 0 Å². The second kappa shape index (κ2) is 7.94. The van der Waals surface area contributed by atoms with E-state index in [4.69, 9.17) is 9.15 Å². The van der Waals surface area contributed by atoms with E-state index in [1.54, 1.807) is 7.11 Å². The van der Waals surface area contributed by atoms with Gasteiger partial charge in [-0.1, -0.05) is 0 Å². The lowest BCUT2D eigenvalue weighted by atomic mass is 9.93. The lowest BCUT2D eigenvalue weighted by molar-refractivity contribution is 0.0937. The number of nitrogens with zero attached hydrogens (tertiary/aromatic N) is 3. The molecule has 6 heteroatoms. The molecule has 6 nitrogen and oxygen atoms in total. The lowest BCUT2D eigenvalue weighted by Crippen LogP contribution is -2.43. The van der Waals surface area contributed by atoms with Crippen LogP contribution in [0.25, 0.3) is 0 Å². The van der Waals surface area contributed by atoms with Crippen LogP contribution in [0, 0.1) is 12.8 Å². The molecule has 2 aromatic heterocycles. The maximum absolute atomic E-state index is 6.01. The van der Waals surface area contributed by atoms with Crippen molar-refractivity contribution in [2.24, 2.45) is 5.92 Å². The van der Waals surface area contributed by atoms with Crippen molar-refractivity contribution in [3.8, 4) is 0 Å². The monoisotopic (exact) mass is 358 g/mol. The van der Waals surface area contributed by atoms with Crippen molar-refractivity contribution in [3.05, 3.63) is 41.4 Å². The zero-order valence-electron chi connectivity index (χ0n) is 15.9. The van der Waals surface area contributed by atoms with Gasteiger partial charge in [-0.3, -0.25) is 4.90 Å². The molecule has 1 saturated heterocycles. The third-order valence-corrected chi connectivity index (χ3v) is 5.87. The van der Waals surface area contributed by atoms with Gasteiger partial charge in [0.15, 0.2) is 0 Å². The predicted molar refractivity (Wildman–Crippen MR) is 100 cm³/mol. The molecule has 0 amide bonds. The Labute approximate surface area is 155 Å². The molecule has 0 aromatic carbocycles. The van der Waals surface area contributed by atoms with Crippen molar-refractivity contribution in [1.29, 1.82) is 0 Å². The SMILES string of the molecule is COCCN1CCC(CN2CCc3[nH]cnc3[C@H]2c2ccc(C)o2)CC1. The van der Waals surface area contributed by atoms with E-state index in [1.165, 1.54) is 31.6 Å². The van der Waals surface area contributed by atoms with Crippen LogP contribution in [-0.4, -0.2) is 66.2 Å². The Morgan fingerprint density at radius 1 is 1.27 bits per heavy atom. The van der Waals surface area contributed by atoms with Gasteiger partial charge in [-0.05, 0) is 50.9 Å². The zero-order chi connectivity index (χ0) is 17.9. The van der Waals surface area contributed by atoms with Gasteiger partial charge in [0.05, 0.1) is 18.6 Å². The van der Waals surface area contributed by atoms with Gasteiger partial charge in [-0.25, -0.2) is 4.98 Å². The molecule has 0 radical (unpaired) electrons. The van der Waals surface area contributed by atoms with Gasteiger partial charge in [0.1, 0.15) is 17.6 Å². The van der Waals surface area contributed by atoms with E-state index < -0.39 is 0 Å². The number of methoxy groups -OCH3 is 1. The Balaban J connectivity index is 1.44. The summed E-state index contributed by atoms with van der Waals surface area (Å²) in [6, 6.07) is 4.32. The molecule has 0 spiro atoms. The zero-order valence-corrected chi connectivity index (χ0v) is 15.9. The van der Waals surface area contributed by atoms with Crippen molar-refractivity contribution in [3.63, 3.8) is 0 Å². The van der Waals surface area contributed by atoms with E-state index >= 15 is 0 Å². The molecular formula is C20H30N4O2. The Bertz CT molecular complexity index is 702. The smallest absolute Gasteiger partial charge is 0.127 e. The highest BCUT2D eigenvalue weighted by Crippen LogP contribution is 2.35. The first-order valence-corrected chi connectivity index (χ1v) is 9.78. The molecule has 1 atom stereocenters. The molecule has 1 N–H and O–H groups in total. The van der Waals surface area contributed by atoms with Crippen molar-refractivity contribution < 1.29 is 9.15 Å². The van der Waals surface area contributed by atoms with Crippen molar-refractivity contribution >= 4 is 0 Å². The molecule has 0 saturated carbocycles. The van der Waals surface area contributed by atoms with Gasteiger partial charge in [0.2, 0.25) is 0 Å². The van der Waals surface area contributed by atoms with Gasteiger partial charge in [-0.15, -0.1) is 0 Å². The number of ether oxygens (including phenoxy) is 1. The second-order valence-electron chi connectivity index (χ2n) is 7.64. The molecule has 0 aliphatic carbocycles. The van der Waals surface area contributed by atoms with Crippen LogP contribution in [-0.2, 0) is 11.2 Å². The predicted octanol–water partition coefficient (Wildman–Crippen LogP) is 2.62. The van der Waals surface area contributed by atoms with E-state index in [0.29, 0.717) is 0 Å². The summed E-state index contributed by atoms with van der Waals surface area (Å²) in [5.41, 5.74) is 2.40. The largest absolute Gasteiger partial charge is 0.464 e. The number of hydrogen-bond acceptors (Lipinski definition) is 5. The maximum Gasteiger partial charge on any atom is 0.127 e. The summed E-state index contributed by atoms with van der Waals surface area (Å²) < 4.78 is 11.2. The van der Waals surface area contributed by atoms with E-state index in [9.17, 15) is 0 Å².